The molecule has 0 saturated carbocycles. The average molecular weight is 249 g/mol. The third kappa shape index (κ3) is 2.73. The van der Waals surface area contributed by atoms with E-state index in [9.17, 15) is 4.79 Å². The highest BCUT2D eigenvalue weighted by Gasteiger charge is 2.05. The first-order valence-electron chi connectivity index (χ1n) is 6.15. The van der Waals surface area contributed by atoms with Crippen LogP contribution < -0.4 is 16.4 Å². The summed E-state index contributed by atoms with van der Waals surface area (Å²) in [5, 5.41) is 6.61. The number of nitrogens with one attached hydrogen (secondary N) is 2. The Bertz CT molecular complexity index is 583. The van der Waals surface area contributed by atoms with Crippen LogP contribution in [0, 0.1) is 0 Å². The largest absolute Gasteiger partial charge is 0.419 e. The van der Waals surface area contributed by atoms with Crippen LogP contribution >= 0.6 is 0 Å². The molecule has 0 atom stereocenters. The van der Waals surface area contributed by atoms with Crippen molar-refractivity contribution in [2.75, 3.05) is 18.4 Å². The summed E-state index contributed by atoms with van der Waals surface area (Å²) < 4.78 is 6.64. The molecule has 0 aliphatic heterocycles. The van der Waals surface area contributed by atoms with Crippen molar-refractivity contribution in [2.45, 2.75) is 19.9 Å². The standard InChI is InChI=1S/C13H19N3O2/c1-9(2)14-6-7-15-10-4-5-11-12(8-10)18-13(17)16(11)3/h4-5,8-9,14-15H,6-7H2,1-3H3. The molecule has 2 rings (SSSR count). The van der Waals surface area contributed by atoms with Gasteiger partial charge in [-0.2, -0.15) is 0 Å². The van der Waals surface area contributed by atoms with Crippen LogP contribution in [0.25, 0.3) is 11.1 Å². The molecule has 0 spiro atoms. The summed E-state index contributed by atoms with van der Waals surface area (Å²) >= 11 is 0. The van der Waals surface area contributed by atoms with Gasteiger partial charge in [-0.25, -0.2) is 4.79 Å². The molecule has 0 saturated heterocycles. The Morgan fingerprint density at radius 1 is 1.33 bits per heavy atom. The maximum Gasteiger partial charge on any atom is 0.419 e. The highest BCUT2D eigenvalue weighted by atomic mass is 16.4. The average Bonchev–Trinajstić information content (AvgIpc) is 2.60. The first-order chi connectivity index (χ1) is 8.58. The highest BCUT2D eigenvalue weighted by Crippen LogP contribution is 2.17. The minimum absolute atomic E-state index is 0.330. The van der Waals surface area contributed by atoms with Crippen LogP contribution in [-0.2, 0) is 7.05 Å². The fourth-order valence-electron chi connectivity index (χ4n) is 1.81. The second-order valence-electron chi connectivity index (χ2n) is 4.65. The zero-order valence-electron chi connectivity index (χ0n) is 11.0. The van der Waals surface area contributed by atoms with Crippen LogP contribution in [0.3, 0.4) is 0 Å². The Kier molecular flexibility index (Phi) is 3.72. The van der Waals surface area contributed by atoms with Gasteiger partial charge in [0.15, 0.2) is 5.58 Å². The molecule has 0 amide bonds. The Morgan fingerprint density at radius 2 is 2.11 bits per heavy atom. The third-order valence-corrected chi connectivity index (χ3v) is 2.80. The van der Waals surface area contributed by atoms with Crippen molar-refractivity contribution in [1.29, 1.82) is 0 Å². The lowest BCUT2D eigenvalue weighted by atomic mass is 10.3. The maximum atomic E-state index is 11.4. The fourth-order valence-corrected chi connectivity index (χ4v) is 1.81. The van der Waals surface area contributed by atoms with Crippen molar-refractivity contribution >= 4 is 16.8 Å². The van der Waals surface area contributed by atoms with Crippen molar-refractivity contribution in [3.05, 3.63) is 28.7 Å². The monoisotopic (exact) mass is 249 g/mol. The molecule has 0 fully saturated rings. The van der Waals surface area contributed by atoms with E-state index >= 15 is 0 Å². The van der Waals surface area contributed by atoms with E-state index in [1.807, 2.05) is 18.2 Å². The van der Waals surface area contributed by atoms with Gasteiger partial charge in [-0.1, -0.05) is 13.8 Å². The Hall–Kier alpha value is -1.75. The lowest BCUT2D eigenvalue weighted by Gasteiger charge is -2.09. The molecule has 2 aromatic rings. The Labute approximate surface area is 106 Å². The van der Waals surface area contributed by atoms with Crippen molar-refractivity contribution in [3.8, 4) is 0 Å². The smallest absolute Gasteiger partial charge is 0.408 e. The molecule has 5 nitrogen and oxygen atoms in total. The SMILES string of the molecule is CC(C)NCCNc1ccc2c(c1)oc(=O)n2C. The molecule has 0 bridgehead atoms. The summed E-state index contributed by atoms with van der Waals surface area (Å²) in [7, 11) is 1.70. The van der Waals surface area contributed by atoms with Gasteiger partial charge in [0.1, 0.15) is 0 Å². The molecular formula is C13H19N3O2. The minimum Gasteiger partial charge on any atom is -0.408 e. The van der Waals surface area contributed by atoms with E-state index < -0.39 is 0 Å². The van der Waals surface area contributed by atoms with E-state index in [1.165, 1.54) is 4.57 Å². The first kappa shape index (κ1) is 12.7. The molecule has 18 heavy (non-hydrogen) atoms. The van der Waals surface area contributed by atoms with Gasteiger partial charge in [0, 0.05) is 37.9 Å². The van der Waals surface area contributed by atoms with E-state index in [1.54, 1.807) is 7.05 Å². The summed E-state index contributed by atoms with van der Waals surface area (Å²) in [5.74, 6) is -0.330. The number of hydrogen-bond donors (Lipinski definition) is 2. The summed E-state index contributed by atoms with van der Waals surface area (Å²) in [6, 6.07) is 6.18. The number of anilines is 1. The molecule has 5 heteroatoms. The number of benzene rings is 1. The number of fused-ring (bicyclic) bond motifs is 1. The predicted molar refractivity (Wildman–Crippen MR) is 73.1 cm³/mol. The molecule has 0 aliphatic carbocycles. The number of aromatic nitrogens is 1. The van der Waals surface area contributed by atoms with Crippen LogP contribution in [0.15, 0.2) is 27.4 Å². The predicted octanol–water partition coefficient (Wildman–Crippen LogP) is 1.54. The van der Waals surface area contributed by atoms with Crippen molar-refractivity contribution in [1.82, 2.24) is 9.88 Å². The van der Waals surface area contributed by atoms with Crippen molar-refractivity contribution in [2.24, 2.45) is 7.05 Å². The van der Waals surface area contributed by atoms with Gasteiger partial charge in [-0.3, -0.25) is 4.57 Å². The number of oxazole rings is 1. The Morgan fingerprint density at radius 3 is 2.83 bits per heavy atom. The minimum atomic E-state index is -0.330. The number of nitrogens with zero attached hydrogens (tertiary/aromatic N) is 1. The van der Waals surface area contributed by atoms with E-state index in [2.05, 4.69) is 24.5 Å². The van der Waals surface area contributed by atoms with Gasteiger partial charge in [0.2, 0.25) is 0 Å². The van der Waals surface area contributed by atoms with Crippen molar-refractivity contribution in [3.63, 3.8) is 0 Å². The zero-order chi connectivity index (χ0) is 13.1. The van der Waals surface area contributed by atoms with Gasteiger partial charge in [0.05, 0.1) is 5.52 Å². The molecular weight excluding hydrogens is 230 g/mol. The maximum absolute atomic E-state index is 11.4. The van der Waals surface area contributed by atoms with Gasteiger partial charge in [0.25, 0.3) is 0 Å². The van der Waals surface area contributed by atoms with Gasteiger partial charge < -0.3 is 15.1 Å². The summed E-state index contributed by atoms with van der Waals surface area (Å²) in [6.07, 6.45) is 0. The van der Waals surface area contributed by atoms with Gasteiger partial charge >= 0.3 is 5.76 Å². The van der Waals surface area contributed by atoms with Crippen LogP contribution in [0.4, 0.5) is 5.69 Å². The number of aryl methyl sites for hydroxylation is 1. The zero-order valence-corrected chi connectivity index (χ0v) is 11.0. The molecule has 1 aromatic carbocycles. The molecule has 0 radical (unpaired) electrons. The van der Waals surface area contributed by atoms with E-state index in [4.69, 9.17) is 4.42 Å². The summed E-state index contributed by atoms with van der Waals surface area (Å²) in [5.41, 5.74) is 2.39. The Balaban J connectivity index is 2.04. The van der Waals surface area contributed by atoms with Crippen molar-refractivity contribution < 1.29 is 4.42 Å². The molecule has 98 valence electrons. The second-order valence-corrected chi connectivity index (χ2v) is 4.65. The molecule has 1 aromatic heterocycles. The summed E-state index contributed by atoms with van der Waals surface area (Å²) in [6.45, 7) is 5.96. The quantitative estimate of drug-likeness (QED) is 0.789. The highest BCUT2D eigenvalue weighted by molar-refractivity contribution is 5.77. The third-order valence-electron chi connectivity index (χ3n) is 2.80. The van der Waals surface area contributed by atoms with Crippen LogP contribution in [0.5, 0.6) is 0 Å². The van der Waals surface area contributed by atoms with Crippen LogP contribution in [0.2, 0.25) is 0 Å². The fraction of sp³-hybridized carbons (Fsp3) is 0.462. The summed E-state index contributed by atoms with van der Waals surface area (Å²) in [4.78, 5) is 11.4. The molecule has 0 aliphatic rings. The second kappa shape index (κ2) is 5.27. The van der Waals surface area contributed by atoms with E-state index in [0.29, 0.717) is 11.6 Å². The first-order valence-corrected chi connectivity index (χ1v) is 6.15. The molecule has 1 heterocycles. The van der Waals surface area contributed by atoms with Crippen LogP contribution in [-0.4, -0.2) is 23.7 Å². The normalized spacial score (nSPS) is 11.3. The topological polar surface area (TPSA) is 59.2 Å². The van der Waals surface area contributed by atoms with Crippen LogP contribution in [0.1, 0.15) is 13.8 Å². The van der Waals surface area contributed by atoms with Gasteiger partial charge in [-0.05, 0) is 12.1 Å². The molecule has 0 unspecified atom stereocenters. The lowest BCUT2D eigenvalue weighted by molar-refractivity contribution is 0.528. The lowest BCUT2D eigenvalue weighted by Crippen LogP contribution is -2.28. The van der Waals surface area contributed by atoms with E-state index in [-0.39, 0.29) is 5.76 Å². The van der Waals surface area contributed by atoms with E-state index in [0.717, 1.165) is 24.3 Å². The molecule has 2 N–H and O–H groups in total. The van der Waals surface area contributed by atoms with Gasteiger partial charge in [-0.15, -0.1) is 0 Å². The number of rotatable bonds is 5. The number of hydrogen-bond acceptors (Lipinski definition) is 4.